The lowest BCUT2D eigenvalue weighted by Crippen LogP contribution is -2.40. The van der Waals surface area contributed by atoms with Gasteiger partial charge in [0.25, 0.3) is 0 Å². The van der Waals surface area contributed by atoms with Crippen LogP contribution in [-0.2, 0) is 9.53 Å². The predicted octanol–water partition coefficient (Wildman–Crippen LogP) is 1.17. The van der Waals surface area contributed by atoms with Crippen LogP contribution in [0.25, 0.3) is 0 Å². The third-order valence-electron chi connectivity index (χ3n) is 3.24. The molecule has 1 rings (SSSR count). The first kappa shape index (κ1) is 15.8. The molecule has 0 aromatic heterocycles. The molecule has 6 heteroatoms. The summed E-state index contributed by atoms with van der Waals surface area (Å²) in [5.74, 6) is -0.541. The van der Waals surface area contributed by atoms with Crippen molar-refractivity contribution >= 4 is 12.0 Å². The van der Waals surface area contributed by atoms with Crippen molar-refractivity contribution in [3.63, 3.8) is 0 Å². The molecule has 110 valence electrons. The summed E-state index contributed by atoms with van der Waals surface area (Å²) in [5, 5.41) is 11.4. The van der Waals surface area contributed by atoms with Crippen LogP contribution in [0.4, 0.5) is 4.79 Å². The zero-order valence-corrected chi connectivity index (χ0v) is 11.7. The highest BCUT2D eigenvalue weighted by Gasteiger charge is 2.21. The number of hydrogen-bond acceptors (Lipinski definition) is 3. The van der Waals surface area contributed by atoms with Gasteiger partial charge < -0.3 is 20.1 Å². The molecule has 1 atom stereocenters. The highest BCUT2D eigenvalue weighted by Crippen LogP contribution is 2.28. The number of carbonyl (C=O) groups excluding carboxylic acids is 1. The Morgan fingerprint density at radius 3 is 2.74 bits per heavy atom. The van der Waals surface area contributed by atoms with E-state index in [9.17, 15) is 9.59 Å². The van der Waals surface area contributed by atoms with Crippen molar-refractivity contribution in [1.82, 2.24) is 10.2 Å². The van der Waals surface area contributed by atoms with E-state index in [1.807, 2.05) is 0 Å². The molecule has 1 aliphatic rings. The maximum absolute atomic E-state index is 11.6. The molecule has 1 saturated carbocycles. The van der Waals surface area contributed by atoms with Crippen LogP contribution in [0, 0.1) is 11.8 Å². The van der Waals surface area contributed by atoms with Crippen molar-refractivity contribution in [2.75, 3.05) is 33.4 Å². The minimum absolute atomic E-state index is 0.187. The molecule has 2 amide bonds. The largest absolute Gasteiger partial charge is 0.481 e. The zero-order valence-electron chi connectivity index (χ0n) is 11.7. The summed E-state index contributed by atoms with van der Waals surface area (Å²) in [6, 6.07) is -0.187. The quantitative estimate of drug-likeness (QED) is 0.617. The normalized spacial score (nSPS) is 15.9. The van der Waals surface area contributed by atoms with Gasteiger partial charge in [-0.3, -0.25) is 4.79 Å². The van der Waals surface area contributed by atoms with Gasteiger partial charge in [-0.1, -0.05) is 6.92 Å². The summed E-state index contributed by atoms with van der Waals surface area (Å²) in [4.78, 5) is 23.8. The van der Waals surface area contributed by atoms with Crippen LogP contribution in [-0.4, -0.2) is 55.4 Å². The first-order valence-corrected chi connectivity index (χ1v) is 6.80. The van der Waals surface area contributed by atoms with Crippen LogP contribution < -0.4 is 5.32 Å². The number of carbonyl (C=O) groups is 2. The van der Waals surface area contributed by atoms with Gasteiger partial charge in [-0.25, -0.2) is 4.79 Å². The highest BCUT2D eigenvalue weighted by atomic mass is 16.5. The van der Waals surface area contributed by atoms with Gasteiger partial charge >= 0.3 is 12.0 Å². The van der Waals surface area contributed by atoms with E-state index in [1.54, 1.807) is 18.9 Å². The van der Waals surface area contributed by atoms with Gasteiger partial charge in [0.1, 0.15) is 0 Å². The number of likely N-dealkylation sites (N-methyl/N-ethyl adjacent to an activating group) is 1. The van der Waals surface area contributed by atoms with E-state index < -0.39 is 11.9 Å². The van der Waals surface area contributed by atoms with Crippen LogP contribution in [0.2, 0.25) is 0 Å². The number of carboxylic acids is 1. The van der Waals surface area contributed by atoms with Crippen molar-refractivity contribution in [1.29, 1.82) is 0 Å². The first-order chi connectivity index (χ1) is 9.00. The van der Waals surface area contributed by atoms with E-state index in [0.29, 0.717) is 26.1 Å². The molecule has 1 aliphatic carbocycles. The van der Waals surface area contributed by atoms with Crippen LogP contribution in [0.3, 0.4) is 0 Å². The van der Waals surface area contributed by atoms with E-state index in [1.165, 1.54) is 12.8 Å². The third kappa shape index (κ3) is 7.00. The van der Waals surface area contributed by atoms with E-state index in [-0.39, 0.29) is 6.03 Å². The molecule has 0 aromatic carbocycles. The number of urea groups is 1. The van der Waals surface area contributed by atoms with Gasteiger partial charge in [-0.15, -0.1) is 0 Å². The Morgan fingerprint density at radius 2 is 2.16 bits per heavy atom. The number of ether oxygens (including phenoxy) is 1. The smallest absolute Gasteiger partial charge is 0.317 e. The summed E-state index contributed by atoms with van der Waals surface area (Å²) in [6.45, 7) is 3.90. The lowest BCUT2D eigenvalue weighted by molar-refractivity contribution is -0.141. The van der Waals surface area contributed by atoms with E-state index in [2.05, 4.69) is 5.32 Å². The zero-order chi connectivity index (χ0) is 14.3. The molecular weight excluding hydrogens is 248 g/mol. The van der Waals surface area contributed by atoms with Crippen molar-refractivity contribution < 1.29 is 19.4 Å². The second-order valence-electron chi connectivity index (χ2n) is 5.20. The van der Waals surface area contributed by atoms with Gasteiger partial charge in [0.2, 0.25) is 0 Å². The lowest BCUT2D eigenvalue weighted by Gasteiger charge is -2.18. The summed E-state index contributed by atoms with van der Waals surface area (Å²) in [5.41, 5.74) is 0. The number of rotatable bonds is 9. The fourth-order valence-corrected chi connectivity index (χ4v) is 1.49. The number of nitrogens with one attached hydrogen (secondary N) is 1. The van der Waals surface area contributed by atoms with Gasteiger partial charge in [-0.2, -0.15) is 0 Å². The second-order valence-corrected chi connectivity index (χ2v) is 5.20. The Hall–Kier alpha value is -1.30. The number of carboxylic acid groups (broad SMARTS) is 1. The Bertz CT molecular complexity index is 305. The first-order valence-electron chi connectivity index (χ1n) is 6.80. The van der Waals surface area contributed by atoms with E-state index in [4.69, 9.17) is 9.84 Å². The van der Waals surface area contributed by atoms with Crippen LogP contribution in [0.1, 0.15) is 26.2 Å². The average molecular weight is 272 g/mol. The Kier molecular flexibility index (Phi) is 6.62. The molecule has 6 nitrogen and oxygen atoms in total. The standard InChI is InChI=1S/C13H24N2O4/c1-10(12(16)17)5-6-14-13(18)15(2)7-8-19-9-11-3-4-11/h10-11H,3-9H2,1-2H3,(H,14,18)(H,16,17). The third-order valence-corrected chi connectivity index (χ3v) is 3.24. The lowest BCUT2D eigenvalue weighted by atomic mass is 10.1. The molecule has 0 heterocycles. The maximum Gasteiger partial charge on any atom is 0.317 e. The molecule has 0 aliphatic heterocycles. The number of aliphatic carboxylic acids is 1. The monoisotopic (exact) mass is 272 g/mol. The van der Waals surface area contributed by atoms with Crippen LogP contribution in [0.15, 0.2) is 0 Å². The Morgan fingerprint density at radius 1 is 1.47 bits per heavy atom. The fraction of sp³-hybridized carbons (Fsp3) is 0.846. The molecular formula is C13H24N2O4. The highest BCUT2D eigenvalue weighted by molar-refractivity contribution is 5.74. The van der Waals surface area contributed by atoms with Crippen molar-refractivity contribution in [3.8, 4) is 0 Å². The molecule has 0 radical (unpaired) electrons. The summed E-state index contributed by atoms with van der Waals surface area (Å²) in [7, 11) is 1.70. The van der Waals surface area contributed by atoms with Crippen LogP contribution in [0.5, 0.6) is 0 Å². The van der Waals surface area contributed by atoms with E-state index >= 15 is 0 Å². The maximum atomic E-state index is 11.6. The molecule has 1 fully saturated rings. The van der Waals surface area contributed by atoms with E-state index in [0.717, 1.165) is 12.5 Å². The predicted molar refractivity (Wildman–Crippen MR) is 71.0 cm³/mol. The molecule has 0 spiro atoms. The topological polar surface area (TPSA) is 78.9 Å². The van der Waals surface area contributed by atoms with Gasteiger partial charge in [-0.05, 0) is 25.2 Å². The van der Waals surface area contributed by atoms with Gasteiger partial charge in [0.15, 0.2) is 0 Å². The molecule has 19 heavy (non-hydrogen) atoms. The van der Waals surface area contributed by atoms with Crippen LogP contribution >= 0.6 is 0 Å². The molecule has 0 saturated heterocycles. The summed E-state index contributed by atoms with van der Waals surface area (Å²) < 4.78 is 5.45. The van der Waals surface area contributed by atoms with Gasteiger partial charge in [0.05, 0.1) is 12.5 Å². The summed E-state index contributed by atoms with van der Waals surface area (Å²) in [6.07, 6.45) is 2.96. The average Bonchev–Trinajstić information content (AvgIpc) is 3.17. The number of nitrogens with zero attached hydrogens (tertiary/aromatic N) is 1. The number of amides is 2. The van der Waals surface area contributed by atoms with Crippen molar-refractivity contribution in [2.45, 2.75) is 26.2 Å². The Labute approximate surface area is 114 Å². The molecule has 0 aromatic rings. The molecule has 2 N–H and O–H groups in total. The number of hydrogen-bond donors (Lipinski definition) is 2. The van der Waals surface area contributed by atoms with Crippen molar-refractivity contribution in [3.05, 3.63) is 0 Å². The second kappa shape index (κ2) is 7.99. The van der Waals surface area contributed by atoms with Crippen molar-refractivity contribution in [2.24, 2.45) is 11.8 Å². The molecule has 0 bridgehead atoms. The SMILES string of the molecule is CC(CCNC(=O)N(C)CCOCC1CC1)C(=O)O. The minimum atomic E-state index is -0.837. The Balaban J connectivity index is 2.01. The van der Waals surface area contributed by atoms with Gasteiger partial charge in [0, 0.05) is 26.7 Å². The summed E-state index contributed by atoms with van der Waals surface area (Å²) >= 11 is 0. The fourth-order valence-electron chi connectivity index (χ4n) is 1.49. The minimum Gasteiger partial charge on any atom is -0.481 e. The molecule has 1 unspecified atom stereocenters.